The molecule has 0 unspecified atom stereocenters. The molecule has 5 heteroatoms. The van der Waals surface area contributed by atoms with Crippen LogP contribution in [0.2, 0.25) is 0 Å². The molecular formula is C13H12N2O3. The summed E-state index contributed by atoms with van der Waals surface area (Å²) >= 11 is 0. The molecule has 1 aromatic heterocycles. The zero-order valence-electron chi connectivity index (χ0n) is 9.87. The highest BCUT2D eigenvalue weighted by Gasteiger charge is 2.07. The molecule has 5 nitrogen and oxygen atoms in total. The van der Waals surface area contributed by atoms with Crippen LogP contribution in [0.1, 0.15) is 0 Å². The smallest absolute Gasteiger partial charge is 0.327 e. The van der Waals surface area contributed by atoms with Gasteiger partial charge in [0.15, 0.2) is 0 Å². The lowest BCUT2D eigenvalue weighted by atomic mass is 10.1. The third-order valence-corrected chi connectivity index (χ3v) is 2.44. The van der Waals surface area contributed by atoms with Crippen LogP contribution < -0.4 is 5.56 Å². The lowest BCUT2D eigenvalue weighted by molar-refractivity contribution is -0.141. The van der Waals surface area contributed by atoms with E-state index in [4.69, 9.17) is 0 Å². The van der Waals surface area contributed by atoms with Crippen LogP contribution in [0.25, 0.3) is 11.3 Å². The first-order valence-corrected chi connectivity index (χ1v) is 5.41. The van der Waals surface area contributed by atoms with Gasteiger partial charge in [0.25, 0.3) is 5.56 Å². The van der Waals surface area contributed by atoms with E-state index in [0.717, 1.165) is 10.2 Å². The zero-order valence-corrected chi connectivity index (χ0v) is 9.87. The molecule has 0 radical (unpaired) electrons. The molecule has 0 N–H and O–H groups in total. The van der Waals surface area contributed by atoms with Crippen molar-refractivity contribution in [2.45, 2.75) is 6.54 Å². The number of hydrogen-bond donors (Lipinski definition) is 0. The number of nitrogens with zero attached hydrogens (tertiary/aromatic N) is 2. The second kappa shape index (κ2) is 5.27. The first kappa shape index (κ1) is 12.0. The molecule has 0 bridgehead atoms. The normalized spacial score (nSPS) is 10.1. The van der Waals surface area contributed by atoms with Gasteiger partial charge in [-0.15, -0.1) is 0 Å². The highest BCUT2D eigenvalue weighted by Crippen LogP contribution is 2.13. The summed E-state index contributed by atoms with van der Waals surface area (Å²) < 4.78 is 5.61. The molecule has 0 fully saturated rings. The lowest BCUT2D eigenvalue weighted by Gasteiger charge is -2.05. The van der Waals surface area contributed by atoms with Crippen LogP contribution in [-0.4, -0.2) is 22.9 Å². The summed E-state index contributed by atoms with van der Waals surface area (Å²) in [6, 6.07) is 12.4. The van der Waals surface area contributed by atoms with Crippen molar-refractivity contribution < 1.29 is 9.53 Å². The Morgan fingerprint density at radius 2 is 1.94 bits per heavy atom. The van der Waals surface area contributed by atoms with Crippen LogP contribution in [0, 0.1) is 0 Å². The minimum atomic E-state index is -0.505. The van der Waals surface area contributed by atoms with Gasteiger partial charge in [-0.25, -0.2) is 4.68 Å². The number of rotatable bonds is 3. The number of benzene rings is 1. The standard InChI is InChI=1S/C13H12N2O3/c1-18-13(17)9-15-12(16)8-7-11(14-15)10-5-3-2-4-6-10/h2-8H,9H2,1H3. The number of carbonyl (C=O) groups is 1. The maximum absolute atomic E-state index is 11.5. The van der Waals surface area contributed by atoms with Crippen molar-refractivity contribution in [2.75, 3.05) is 7.11 Å². The van der Waals surface area contributed by atoms with Gasteiger partial charge >= 0.3 is 5.97 Å². The van der Waals surface area contributed by atoms with E-state index < -0.39 is 5.97 Å². The van der Waals surface area contributed by atoms with Crippen LogP contribution in [0.3, 0.4) is 0 Å². The van der Waals surface area contributed by atoms with Crippen molar-refractivity contribution in [1.29, 1.82) is 0 Å². The number of aromatic nitrogens is 2. The number of methoxy groups -OCH3 is 1. The molecule has 0 amide bonds. The number of carbonyl (C=O) groups excluding carboxylic acids is 1. The number of ether oxygens (including phenoxy) is 1. The van der Waals surface area contributed by atoms with E-state index in [2.05, 4.69) is 9.84 Å². The van der Waals surface area contributed by atoms with Crippen molar-refractivity contribution in [3.05, 3.63) is 52.8 Å². The van der Waals surface area contributed by atoms with Gasteiger partial charge in [-0.3, -0.25) is 9.59 Å². The maximum Gasteiger partial charge on any atom is 0.327 e. The SMILES string of the molecule is COC(=O)Cn1nc(-c2ccccc2)ccc1=O. The Balaban J connectivity index is 2.38. The topological polar surface area (TPSA) is 61.2 Å². The van der Waals surface area contributed by atoms with E-state index in [-0.39, 0.29) is 12.1 Å². The number of esters is 1. The molecule has 0 spiro atoms. The van der Waals surface area contributed by atoms with Crippen molar-refractivity contribution in [3.63, 3.8) is 0 Å². The van der Waals surface area contributed by atoms with Gasteiger partial charge in [0, 0.05) is 11.6 Å². The largest absolute Gasteiger partial charge is 0.468 e. The Morgan fingerprint density at radius 1 is 1.22 bits per heavy atom. The predicted octanol–water partition coefficient (Wildman–Crippen LogP) is 1.08. The Labute approximate surface area is 104 Å². The molecule has 0 aliphatic rings. The average Bonchev–Trinajstić information content (AvgIpc) is 2.42. The molecule has 0 atom stereocenters. The first-order valence-electron chi connectivity index (χ1n) is 5.41. The Morgan fingerprint density at radius 3 is 2.61 bits per heavy atom. The summed E-state index contributed by atoms with van der Waals surface area (Å²) in [5.41, 5.74) is 1.19. The zero-order chi connectivity index (χ0) is 13.0. The molecule has 2 rings (SSSR count). The molecule has 18 heavy (non-hydrogen) atoms. The molecule has 1 aromatic carbocycles. The third-order valence-electron chi connectivity index (χ3n) is 2.44. The van der Waals surface area contributed by atoms with E-state index >= 15 is 0 Å². The van der Waals surface area contributed by atoms with Crippen molar-refractivity contribution in [2.24, 2.45) is 0 Å². The average molecular weight is 244 g/mol. The van der Waals surface area contributed by atoms with E-state index in [0.29, 0.717) is 5.69 Å². The number of hydrogen-bond acceptors (Lipinski definition) is 4. The van der Waals surface area contributed by atoms with E-state index in [1.807, 2.05) is 30.3 Å². The molecule has 0 aliphatic carbocycles. The monoisotopic (exact) mass is 244 g/mol. The third kappa shape index (κ3) is 2.63. The minimum absolute atomic E-state index is 0.185. The van der Waals surface area contributed by atoms with Gasteiger partial charge < -0.3 is 4.74 Å². The highest BCUT2D eigenvalue weighted by molar-refractivity contribution is 5.69. The van der Waals surface area contributed by atoms with Gasteiger partial charge in [-0.2, -0.15) is 5.10 Å². The van der Waals surface area contributed by atoms with E-state index in [1.165, 1.54) is 13.2 Å². The second-order valence-corrected chi connectivity index (χ2v) is 3.66. The van der Waals surface area contributed by atoms with Crippen LogP contribution in [-0.2, 0) is 16.1 Å². The molecule has 1 heterocycles. The van der Waals surface area contributed by atoms with Gasteiger partial charge in [-0.1, -0.05) is 30.3 Å². The summed E-state index contributed by atoms with van der Waals surface area (Å²) in [6.07, 6.45) is 0. The Bertz CT molecular complexity index is 605. The fraction of sp³-hybridized carbons (Fsp3) is 0.154. The van der Waals surface area contributed by atoms with Gasteiger partial charge in [0.1, 0.15) is 6.54 Å². The van der Waals surface area contributed by atoms with Crippen LogP contribution in [0.5, 0.6) is 0 Å². The Kier molecular flexibility index (Phi) is 3.52. The molecule has 0 aliphatic heterocycles. The molecule has 2 aromatic rings. The van der Waals surface area contributed by atoms with E-state index in [9.17, 15) is 9.59 Å². The van der Waals surface area contributed by atoms with Crippen molar-refractivity contribution >= 4 is 5.97 Å². The van der Waals surface area contributed by atoms with Crippen LogP contribution in [0.4, 0.5) is 0 Å². The maximum atomic E-state index is 11.5. The summed E-state index contributed by atoms with van der Waals surface area (Å²) in [5, 5.41) is 4.13. The van der Waals surface area contributed by atoms with Gasteiger partial charge in [0.2, 0.25) is 0 Å². The van der Waals surface area contributed by atoms with Gasteiger partial charge in [-0.05, 0) is 6.07 Å². The van der Waals surface area contributed by atoms with Crippen LogP contribution >= 0.6 is 0 Å². The quantitative estimate of drug-likeness (QED) is 0.758. The molecule has 92 valence electrons. The summed E-state index contributed by atoms with van der Waals surface area (Å²) in [6.45, 7) is -0.185. The molecule has 0 saturated heterocycles. The second-order valence-electron chi connectivity index (χ2n) is 3.66. The van der Waals surface area contributed by atoms with Crippen molar-refractivity contribution in [3.8, 4) is 11.3 Å². The summed E-state index contributed by atoms with van der Waals surface area (Å²) in [4.78, 5) is 22.7. The summed E-state index contributed by atoms with van der Waals surface area (Å²) in [5.74, 6) is -0.505. The fourth-order valence-corrected chi connectivity index (χ4v) is 1.51. The van der Waals surface area contributed by atoms with Gasteiger partial charge in [0.05, 0.1) is 12.8 Å². The molecule has 0 saturated carbocycles. The first-order chi connectivity index (χ1) is 8.70. The minimum Gasteiger partial charge on any atom is -0.468 e. The van der Waals surface area contributed by atoms with E-state index in [1.54, 1.807) is 6.07 Å². The highest BCUT2D eigenvalue weighted by atomic mass is 16.5. The van der Waals surface area contributed by atoms with Crippen LogP contribution in [0.15, 0.2) is 47.3 Å². The Hall–Kier alpha value is -2.43. The summed E-state index contributed by atoms with van der Waals surface area (Å²) in [7, 11) is 1.27. The molecular weight excluding hydrogens is 232 g/mol. The van der Waals surface area contributed by atoms with Crippen molar-refractivity contribution in [1.82, 2.24) is 9.78 Å². The predicted molar refractivity (Wildman–Crippen MR) is 65.9 cm³/mol. The fourth-order valence-electron chi connectivity index (χ4n) is 1.51. The lowest BCUT2D eigenvalue weighted by Crippen LogP contribution is -2.26.